The summed E-state index contributed by atoms with van der Waals surface area (Å²) in [7, 11) is 0. The van der Waals surface area contributed by atoms with Crippen molar-refractivity contribution < 1.29 is 4.79 Å². The predicted molar refractivity (Wildman–Crippen MR) is 67.1 cm³/mol. The molecule has 0 N–H and O–H groups in total. The number of carbonyl (C=O) groups excluding carboxylic acids is 1. The van der Waals surface area contributed by atoms with Crippen molar-refractivity contribution in [3.8, 4) is 0 Å². The van der Waals surface area contributed by atoms with Crippen LogP contribution in [0.1, 0.15) is 46.0 Å². The number of rotatable bonds is 2. The Morgan fingerprint density at radius 1 is 1.38 bits per heavy atom. The molecule has 2 rings (SSSR count). The monoisotopic (exact) mass is 218 g/mol. The molecule has 1 nitrogen and oxygen atoms in total. The van der Waals surface area contributed by atoms with Crippen molar-refractivity contribution >= 4 is 5.78 Å². The highest BCUT2D eigenvalue weighted by molar-refractivity contribution is 5.92. The average molecular weight is 218 g/mol. The Kier molecular flexibility index (Phi) is 3.32. The van der Waals surface area contributed by atoms with E-state index in [2.05, 4.69) is 19.1 Å². The maximum Gasteiger partial charge on any atom is 0.159 e. The summed E-state index contributed by atoms with van der Waals surface area (Å²) in [4.78, 5) is 12.2. The van der Waals surface area contributed by atoms with E-state index in [0.717, 1.165) is 6.42 Å². The van der Waals surface area contributed by atoms with Crippen LogP contribution in [-0.4, -0.2) is 5.78 Å². The molecular formula is C15H22O. The molecule has 0 heterocycles. The first kappa shape index (κ1) is 11.6. The lowest BCUT2D eigenvalue weighted by atomic mass is 9.62. The van der Waals surface area contributed by atoms with Crippen LogP contribution in [0.15, 0.2) is 24.3 Å². The third kappa shape index (κ3) is 1.88. The molecule has 2 aliphatic rings. The third-order valence-corrected chi connectivity index (χ3v) is 4.39. The van der Waals surface area contributed by atoms with Crippen molar-refractivity contribution in [1.29, 1.82) is 0 Å². The highest BCUT2D eigenvalue weighted by atomic mass is 16.1. The van der Waals surface area contributed by atoms with Gasteiger partial charge in [-0.3, -0.25) is 4.79 Å². The van der Waals surface area contributed by atoms with Gasteiger partial charge in [0.25, 0.3) is 0 Å². The van der Waals surface area contributed by atoms with Gasteiger partial charge in [0.2, 0.25) is 0 Å². The smallest absolute Gasteiger partial charge is 0.159 e. The molecule has 1 heteroatoms. The molecule has 1 saturated carbocycles. The fourth-order valence-corrected chi connectivity index (χ4v) is 3.74. The molecule has 0 aromatic rings. The Morgan fingerprint density at radius 3 is 2.69 bits per heavy atom. The Hall–Kier alpha value is -0.850. The van der Waals surface area contributed by atoms with Crippen molar-refractivity contribution in [3.63, 3.8) is 0 Å². The molecule has 0 amide bonds. The molecule has 1 spiro atoms. The molecule has 0 radical (unpaired) electrons. The Balaban J connectivity index is 2.29. The van der Waals surface area contributed by atoms with Crippen molar-refractivity contribution in [3.05, 3.63) is 24.3 Å². The van der Waals surface area contributed by atoms with Gasteiger partial charge in [-0.15, -0.1) is 0 Å². The summed E-state index contributed by atoms with van der Waals surface area (Å²) in [6.45, 7) is 4.13. The quantitative estimate of drug-likeness (QED) is 0.507. The van der Waals surface area contributed by atoms with Crippen molar-refractivity contribution in [2.45, 2.75) is 46.0 Å². The van der Waals surface area contributed by atoms with Crippen LogP contribution in [0.4, 0.5) is 0 Å². The van der Waals surface area contributed by atoms with Gasteiger partial charge < -0.3 is 0 Å². The van der Waals surface area contributed by atoms with Gasteiger partial charge >= 0.3 is 0 Å². The van der Waals surface area contributed by atoms with E-state index in [0.29, 0.717) is 17.1 Å². The zero-order valence-corrected chi connectivity index (χ0v) is 10.4. The number of carbonyl (C=O) groups is 1. The molecule has 0 aromatic carbocycles. The summed E-state index contributed by atoms with van der Waals surface area (Å²) >= 11 is 0. The normalized spacial score (nSPS) is 32.6. The highest BCUT2D eigenvalue weighted by Crippen LogP contribution is 2.52. The van der Waals surface area contributed by atoms with Crippen LogP contribution in [-0.2, 0) is 4.79 Å². The minimum Gasteiger partial charge on any atom is -0.295 e. The molecule has 88 valence electrons. The summed E-state index contributed by atoms with van der Waals surface area (Å²) in [6.07, 6.45) is 14.4. The van der Waals surface area contributed by atoms with Crippen molar-refractivity contribution in [2.24, 2.45) is 17.3 Å². The molecular weight excluding hydrogens is 196 g/mol. The number of allylic oxidation sites excluding steroid dienone is 4. The van der Waals surface area contributed by atoms with Crippen LogP contribution < -0.4 is 0 Å². The van der Waals surface area contributed by atoms with E-state index in [9.17, 15) is 4.79 Å². The summed E-state index contributed by atoms with van der Waals surface area (Å²) in [5.41, 5.74) is 0.296. The number of hydrogen-bond acceptors (Lipinski definition) is 1. The lowest BCUT2D eigenvalue weighted by Crippen LogP contribution is -2.38. The van der Waals surface area contributed by atoms with Gasteiger partial charge in [0.15, 0.2) is 5.78 Å². The Labute approximate surface area is 98.6 Å². The number of hydrogen-bond donors (Lipinski definition) is 0. The van der Waals surface area contributed by atoms with E-state index in [1.165, 1.54) is 25.7 Å². The van der Waals surface area contributed by atoms with Crippen LogP contribution in [0.5, 0.6) is 0 Å². The van der Waals surface area contributed by atoms with Gasteiger partial charge in [-0.05, 0) is 43.6 Å². The first-order valence-electron chi connectivity index (χ1n) is 6.53. The van der Waals surface area contributed by atoms with E-state index in [1.807, 2.05) is 13.0 Å². The van der Waals surface area contributed by atoms with Crippen LogP contribution in [0.2, 0.25) is 0 Å². The summed E-state index contributed by atoms with van der Waals surface area (Å²) < 4.78 is 0. The molecule has 2 aliphatic carbocycles. The zero-order chi connectivity index (χ0) is 11.6. The molecule has 0 aliphatic heterocycles. The number of ketones is 1. The largest absolute Gasteiger partial charge is 0.295 e. The van der Waals surface area contributed by atoms with Gasteiger partial charge in [-0.1, -0.05) is 38.0 Å². The first-order valence-corrected chi connectivity index (χ1v) is 6.53. The predicted octanol–water partition coefficient (Wildman–Crippen LogP) is 3.90. The van der Waals surface area contributed by atoms with E-state index in [-0.39, 0.29) is 5.92 Å². The van der Waals surface area contributed by atoms with Crippen LogP contribution in [0.25, 0.3) is 0 Å². The molecule has 2 atom stereocenters. The molecule has 2 unspecified atom stereocenters. The van der Waals surface area contributed by atoms with E-state index in [1.54, 1.807) is 6.08 Å². The minimum atomic E-state index is 0.233. The second-order valence-electron chi connectivity index (χ2n) is 5.44. The van der Waals surface area contributed by atoms with E-state index >= 15 is 0 Å². The third-order valence-electron chi connectivity index (χ3n) is 4.39. The van der Waals surface area contributed by atoms with E-state index < -0.39 is 0 Å². The van der Waals surface area contributed by atoms with Crippen molar-refractivity contribution in [1.82, 2.24) is 0 Å². The fraction of sp³-hybridized carbons (Fsp3) is 0.667. The zero-order valence-electron chi connectivity index (χ0n) is 10.4. The van der Waals surface area contributed by atoms with E-state index in [4.69, 9.17) is 0 Å². The molecule has 0 bridgehead atoms. The van der Waals surface area contributed by atoms with Crippen molar-refractivity contribution in [2.75, 3.05) is 0 Å². The second-order valence-corrected chi connectivity index (χ2v) is 5.44. The Morgan fingerprint density at radius 2 is 2.06 bits per heavy atom. The van der Waals surface area contributed by atoms with Gasteiger partial charge in [0.05, 0.1) is 0 Å². The summed E-state index contributed by atoms with van der Waals surface area (Å²) in [6, 6.07) is 0. The minimum absolute atomic E-state index is 0.233. The summed E-state index contributed by atoms with van der Waals surface area (Å²) in [5.74, 6) is 0.994. The Bertz CT molecular complexity index is 318. The lowest BCUT2D eigenvalue weighted by Gasteiger charge is -2.41. The van der Waals surface area contributed by atoms with Gasteiger partial charge in [0, 0.05) is 5.92 Å². The highest BCUT2D eigenvalue weighted by Gasteiger charge is 2.46. The maximum absolute atomic E-state index is 12.2. The molecule has 16 heavy (non-hydrogen) atoms. The topological polar surface area (TPSA) is 17.1 Å². The van der Waals surface area contributed by atoms with Gasteiger partial charge in [-0.2, -0.15) is 0 Å². The SMILES string of the molecule is CC=CC(=O)C1C(C)C=CCC12CCCC2. The molecule has 0 aromatic heterocycles. The molecule has 1 fully saturated rings. The fourth-order valence-electron chi connectivity index (χ4n) is 3.74. The van der Waals surface area contributed by atoms with Crippen LogP contribution >= 0.6 is 0 Å². The second kappa shape index (κ2) is 4.57. The maximum atomic E-state index is 12.2. The standard InChI is InChI=1S/C15H22O/c1-3-7-13(16)14-12(2)8-6-11-15(14)9-4-5-10-15/h3,6-8,12,14H,4-5,9-11H2,1-2H3. The first-order chi connectivity index (χ1) is 7.69. The molecule has 0 saturated heterocycles. The van der Waals surface area contributed by atoms with Crippen LogP contribution in [0, 0.1) is 17.3 Å². The summed E-state index contributed by atoms with van der Waals surface area (Å²) in [5, 5.41) is 0. The van der Waals surface area contributed by atoms with Gasteiger partial charge in [-0.25, -0.2) is 0 Å². The average Bonchev–Trinajstić information content (AvgIpc) is 2.67. The lowest BCUT2D eigenvalue weighted by molar-refractivity contribution is -0.124. The van der Waals surface area contributed by atoms with Gasteiger partial charge in [0.1, 0.15) is 0 Å². The van der Waals surface area contributed by atoms with Crippen LogP contribution in [0.3, 0.4) is 0 Å².